The van der Waals surface area contributed by atoms with E-state index in [1.54, 1.807) is 0 Å². The number of carbonyl (C=O) groups is 1. The third-order valence-electron chi connectivity index (χ3n) is 6.26. The zero-order valence-electron chi connectivity index (χ0n) is 18.4. The van der Waals surface area contributed by atoms with Crippen molar-refractivity contribution < 1.29 is 9.90 Å². The Morgan fingerprint density at radius 1 is 0.939 bits per heavy atom. The first kappa shape index (κ1) is 21.7. The molecule has 0 saturated carbocycles. The number of anilines is 4. The zero-order valence-corrected chi connectivity index (χ0v) is 19.2. The molecule has 0 radical (unpaired) electrons. The first-order chi connectivity index (χ1) is 16.2. The number of thiazole rings is 1. The van der Waals surface area contributed by atoms with Crippen LogP contribution in [-0.4, -0.2) is 66.4 Å². The van der Waals surface area contributed by atoms with Gasteiger partial charge in [-0.2, -0.15) is 0 Å². The average molecular weight is 465 g/mol. The van der Waals surface area contributed by atoms with E-state index in [-0.39, 0.29) is 12.0 Å². The number of piperidine rings is 1. The lowest BCUT2D eigenvalue weighted by atomic mass is 10.1. The number of nitrogens with one attached hydrogen (secondary N) is 1. The van der Waals surface area contributed by atoms with Crippen molar-refractivity contribution in [2.24, 2.45) is 0 Å². The molecule has 0 spiro atoms. The molecule has 33 heavy (non-hydrogen) atoms. The monoisotopic (exact) mass is 464 g/mol. The molecule has 0 atom stereocenters. The van der Waals surface area contributed by atoms with Crippen LogP contribution in [0.2, 0.25) is 0 Å². The van der Waals surface area contributed by atoms with E-state index in [4.69, 9.17) is 0 Å². The van der Waals surface area contributed by atoms with Gasteiger partial charge in [0, 0.05) is 62.7 Å². The predicted molar refractivity (Wildman–Crippen MR) is 133 cm³/mol. The highest BCUT2D eigenvalue weighted by Crippen LogP contribution is 2.29. The van der Waals surface area contributed by atoms with Crippen LogP contribution in [-0.2, 0) is 0 Å². The van der Waals surface area contributed by atoms with Gasteiger partial charge < -0.3 is 25.1 Å². The molecule has 2 aliphatic heterocycles. The van der Waals surface area contributed by atoms with Crippen LogP contribution < -0.4 is 20.0 Å². The summed E-state index contributed by atoms with van der Waals surface area (Å²) in [7, 11) is 0. The first-order valence-corrected chi connectivity index (χ1v) is 12.2. The summed E-state index contributed by atoms with van der Waals surface area (Å²) in [6, 6.07) is 11.9. The minimum absolute atomic E-state index is 0.197. The van der Waals surface area contributed by atoms with E-state index in [1.165, 1.54) is 17.0 Å². The number of aromatic nitrogens is 2. The van der Waals surface area contributed by atoms with Crippen molar-refractivity contribution in [3.05, 3.63) is 59.9 Å². The molecule has 2 aromatic heterocycles. The van der Waals surface area contributed by atoms with Gasteiger partial charge in [-0.15, -0.1) is 11.3 Å². The standard InChI is InChI=1S/C24H28N6O2S/c31-19-7-11-29(12-8-19)22-4-2-1-3-20(22)26-23(32)21-17-33-24(27-21)30-15-13-28(14-16-30)18-5-9-25-10-6-18/h1-6,9-10,17,19,31H,7-8,11-16H2,(H,26,32). The largest absolute Gasteiger partial charge is 0.393 e. The van der Waals surface area contributed by atoms with Crippen LogP contribution in [0.1, 0.15) is 23.3 Å². The van der Waals surface area contributed by atoms with Gasteiger partial charge in [0.15, 0.2) is 5.13 Å². The second-order valence-corrected chi connectivity index (χ2v) is 9.22. The van der Waals surface area contributed by atoms with Crippen molar-refractivity contribution in [3.63, 3.8) is 0 Å². The molecule has 4 heterocycles. The quantitative estimate of drug-likeness (QED) is 0.600. The van der Waals surface area contributed by atoms with Crippen LogP contribution in [0.3, 0.4) is 0 Å². The number of para-hydroxylation sites is 2. The van der Waals surface area contributed by atoms with Crippen molar-refractivity contribution >= 4 is 39.4 Å². The molecule has 8 nitrogen and oxygen atoms in total. The average Bonchev–Trinajstić information content (AvgIpc) is 3.36. The molecular formula is C24H28N6O2S. The van der Waals surface area contributed by atoms with Gasteiger partial charge in [0.05, 0.1) is 17.5 Å². The highest BCUT2D eigenvalue weighted by atomic mass is 32.1. The number of carbonyl (C=O) groups excluding carboxylic acids is 1. The molecular weight excluding hydrogens is 436 g/mol. The maximum absolute atomic E-state index is 13.0. The van der Waals surface area contributed by atoms with Crippen molar-refractivity contribution in [3.8, 4) is 0 Å². The van der Waals surface area contributed by atoms with Crippen LogP contribution in [0.5, 0.6) is 0 Å². The van der Waals surface area contributed by atoms with E-state index in [0.717, 1.165) is 68.6 Å². The molecule has 5 rings (SSSR count). The van der Waals surface area contributed by atoms with E-state index in [0.29, 0.717) is 5.69 Å². The van der Waals surface area contributed by atoms with Crippen LogP contribution in [0.15, 0.2) is 54.2 Å². The lowest BCUT2D eigenvalue weighted by Crippen LogP contribution is -2.46. The Hall–Kier alpha value is -3.17. The van der Waals surface area contributed by atoms with Crippen molar-refractivity contribution in [1.82, 2.24) is 9.97 Å². The SMILES string of the molecule is O=C(Nc1ccccc1N1CCC(O)CC1)c1csc(N2CCN(c3ccncc3)CC2)n1. The number of hydrogen-bond acceptors (Lipinski definition) is 8. The summed E-state index contributed by atoms with van der Waals surface area (Å²) in [6.45, 7) is 5.09. The fourth-order valence-electron chi connectivity index (χ4n) is 4.37. The van der Waals surface area contributed by atoms with Crippen molar-refractivity contribution in [1.29, 1.82) is 0 Å². The highest BCUT2D eigenvalue weighted by molar-refractivity contribution is 7.14. The van der Waals surface area contributed by atoms with E-state index in [9.17, 15) is 9.90 Å². The number of hydrogen-bond donors (Lipinski definition) is 2. The summed E-state index contributed by atoms with van der Waals surface area (Å²) in [4.78, 5) is 28.5. The third kappa shape index (κ3) is 4.94. The summed E-state index contributed by atoms with van der Waals surface area (Å²) in [5.41, 5.74) is 3.39. The molecule has 1 aromatic carbocycles. The number of rotatable bonds is 5. The van der Waals surface area contributed by atoms with E-state index in [2.05, 4.69) is 30.0 Å². The summed E-state index contributed by atoms with van der Waals surface area (Å²) in [5.74, 6) is -0.197. The number of nitrogens with zero attached hydrogens (tertiary/aromatic N) is 5. The van der Waals surface area contributed by atoms with Crippen molar-refractivity contribution in [2.45, 2.75) is 18.9 Å². The Labute approximate surface area is 197 Å². The number of benzene rings is 1. The summed E-state index contributed by atoms with van der Waals surface area (Å²) < 4.78 is 0. The minimum atomic E-state index is -0.233. The molecule has 2 aliphatic rings. The van der Waals surface area contributed by atoms with E-state index >= 15 is 0 Å². The van der Waals surface area contributed by atoms with Crippen LogP contribution in [0, 0.1) is 0 Å². The molecule has 2 fully saturated rings. The van der Waals surface area contributed by atoms with E-state index in [1.807, 2.05) is 54.2 Å². The molecule has 172 valence electrons. The fraction of sp³-hybridized carbons (Fsp3) is 0.375. The number of amides is 1. The first-order valence-electron chi connectivity index (χ1n) is 11.4. The van der Waals surface area contributed by atoms with Gasteiger partial charge in [-0.1, -0.05) is 12.1 Å². The second-order valence-electron chi connectivity index (χ2n) is 8.38. The van der Waals surface area contributed by atoms with Crippen molar-refractivity contribution in [2.75, 3.05) is 59.3 Å². The van der Waals surface area contributed by atoms with Gasteiger partial charge in [0.2, 0.25) is 0 Å². The molecule has 9 heteroatoms. The lowest BCUT2D eigenvalue weighted by Gasteiger charge is -2.35. The fourth-order valence-corrected chi connectivity index (χ4v) is 5.23. The van der Waals surface area contributed by atoms with Gasteiger partial charge in [-0.3, -0.25) is 9.78 Å². The summed E-state index contributed by atoms with van der Waals surface area (Å²) in [5, 5.41) is 15.6. The molecule has 1 amide bonds. The molecule has 2 N–H and O–H groups in total. The molecule has 0 bridgehead atoms. The number of piperazine rings is 1. The maximum atomic E-state index is 13.0. The Bertz CT molecular complexity index is 1080. The summed E-state index contributed by atoms with van der Waals surface area (Å²) in [6.07, 6.45) is 4.89. The second kappa shape index (κ2) is 9.76. The number of aliphatic hydroxyl groups is 1. The zero-order chi connectivity index (χ0) is 22.6. The topological polar surface area (TPSA) is 84.8 Å². The normalized spacial score (nSPS) is 17.3. The highest BCUT2D eigenvalue weighted by Gasteiger charge is 2.23. The van der Waals surface area contributed by atoms with Gasteiger partial charge in [0.25, 0.3) is 5.91 Å². The summed E-state index contributed by atoms with van der Waals surface area (Å²) >= 11 is 1.51. The molecule has 0 unspecified atom stereocenters. The third-order valence-corrected chi connectivity index (χ3v) is 7.16. The Balaban J connectivity index is 1.22. The smallest absolute Gasteiger partial charge is 0.275 e. The number of pyridine rings is 1. The lowest BCUT2D eigenvalue weighted by molar-refractivity contribution is 0.102. The van der Waals surface area contributed by atoms with Gasteiger partial charge in [-0.25, -0.2) is 4.98 Å². The Morgan fingerprint density at radius 3 is 2.39 bits per heavy atom. The van der Waals surface area contributed by atoms with Crippen LogP contribution in [0.25, 0.3) is 0 Å². The number of aliphatic hydroxyl groups excluding tert-OH is 1. The molecule has 3 aromatic rings. The maximum Gasteiger partial charge on any atom is 0.275 e. The Morgan fingerprint density at radius 2 is 1.64 bits per heavy atom. The van der Waals surface area contributed by atoms with Gasteiger partial charge >= 0.3 is 0 Å². The minimum Gasteiger partial charge on any atom is -0.393 e. The molecule has 2 saturated heterocycles. The van der Waals surface area contributed by atoms with E-state index < -0.39 is 0 Å². The molecule has 0 aliphatic carbocycles. The Kier molecular flexibility index (Phi) is 6.41. The van der Waals surface area contributed by atoms with Crippen LogP contribution >= 0.6 is 11.3 Å². The van der Waals surface area contributed by atoms with Gasteiger partial charge in [-0.05, 0) is 37.1 Å². The van der Waals surface area contributed by atoms with Gasteiger partial charge in [0.1, 0.15) is 5.69 Å². The predicted octanol–water partition coefficient (Wildman–Crippen LogP) is 3.08. The van der Waals surface area contributed by atoms with Crippen LogP contribution in [0.4, 0.5) is 22.2 Å².